The third kappa shape index (κ3) is 2.76. The third-order valence-electron chi connectivity index (χ3n) is 2.95. The van der Waals surface area contributed by atoms with Crippen LogP contribution in [0.4, 0.5) is 4.39 Å². The van der Waals surface area contributed by atoms with Gasteiger partial charge in [-0.25, -0.2) is 12.8 Å². The first kappa shape index (κ1) is 17.2. The Kier molecular flexibility index (Phi) is 4.70. The molecule has 20 heavy (non-hydrogen) atoms. The van der Waals surface area contributed by atoms with Gasteiger partial charge in [0, 0.05) is 7.05 Å². The standard InChI is InChI=1S/C11H12Cl2FNO4S/c1-11(2,10(16)17)15(3)20(18,19)7-5-4-6(12)9(14)8(7)13/h4-5H,1-3H3,(H,16,17). The minimum absolute atomic E-state index is 0.325. The molecule has 0 aliphatic rings. The van der Waals surface area contributed by atoms with E-state index in [1.807, 2.05) is 0 Å². The van der Waals surface area contributed by atoms with Crippen molar-refractivity contribution in [3.63, 3.8) is 0 Å². The van der Waals surface area contributed by atoms with Crippen LogP contribution >= 0.6 is 23.2 Å². The monoisotopic (exact) mass is 343 g/mol. The number of carboxylic acid groups (broad SMARTS) is 1. The van der Waals surface area contributed by atoms with Crippen molar-refractivity contribution in [1.29, 1.82) is 0 Å². The van der Waals surface area contributed by atoms with Crippen LogP contribution in [0.15, 0.2) is 17.0 Å². The zero-order chi connectivity index (χ0) is 15.9. The lowest BCUT2D eigenvalue weighted by atomic mass is 10.1. The number of likely N-dealkylation sites (N-methyl/N-ethyl adjacent to an activating group) is 1. The van der Waals surface area contributed by atoms with E-state index < -0.39 is 37.3 Å². The van der Waals surface area contributed by atoms with E-state index in [1.165, 1.54) is 13.8 Å². The van der Waals surface area contributed by atoms with Gasteiger partial charge < -0.3 is 5.11 Å². The van der Waals surface area contributed by atoms with E-state index in [0.717, 1.165) is 19.2 Å². The topological polar surface area (TPSA) is 74.7 Å². The predicted molar refractivity (Wildman–Crippen MR) is 73.1 cm³/mol. The van der Waals surface area contributed by atoms with E-state index in [0.29, 0.717) is 4.31 Å². The van der Waals surface area contributed by atoms with Gasteiger partial charge in [-0.15, -0.1) is 0 Å². The quantitative estimate of drug-likeness (QED) is 0.852. The molecule has 0 heterocycles. The van der Waals surface area contributed by atoms with Crippen molar-refractivity contribution in [1.82, 2.24) is 4.31 Å². The number of carboxylic acids is 1. The number of hydrogen-bond acceptors (Lipinski definition) is 3. The van der Waals surface area contributed by atoms with E-state index in [4.69, 9.17) is 28.3 Å². The zero-order valence-electron chi connectivity index (χ0n) is 10.8. The van der Waals surface area contributed by atoms with Crippen molar-refractivity contribution in [2.75, 3.05) is 7.05 Å². The Balaban J connectivity index is 3.46. The molecule has 112 valence electrons. The molecule has 0 amide bonds. The van der Waals surface area contributed by atoms with E-state index in [2.05, 4.69) is 0 Å². The molecule has 0 aliphatic carbocycles. The number of nitrogens with zero attached hydrogens (tertiary/aromatic N) is 1. The summed E-state index contributed by atoms with van der Waals surface area (Å²) < 4.78 is 38.9. The highest BCUT2D eigenvalue weighted by atomic mass is 35.5. The Hall–Kier alpha value is -0.890. The zero-order valence-corrected chi connectivity index (χ0v) is 13.1. The first-order valence-electron chi connectivity index (χ1n) is 5.30. The van der Waals surface area contributed by atoms with Gasteiger partial charge in [0.2, 0.25) is 10.0 Å². The highest BCUT2D eigenvalue weighted by molar-refractivity contribution is 7.89. The minimum Gasteiger partial charge on any atom is -0.480 e. The number of aliphatic carboxylic acids is 1. The average molecular weight is 344 g/mol. The summed E-state index contributed by atoms with van der Waals surface area (Å²) >= 11 is 11.1. The fourth-order valence-corrected chi connectivity index (χ4v) is 3.48. The summed E-state index contributed by atoms with van der Waals surface area (Å²) in [7, 11) is -3.21. The molecule has 5 nitrogen and oxygen atoms in total. The molecule has 0 saturated carbocycles. The van der Waals surface area contributed by atoms with Crippen molar-refractivity contribution in [2.24, 2.45) is 0 Å². The maximum atomic E-state index is 13.6. The van der Waals surface area contributed by atoms with Gasteiger partial charge in [0.25, 0.3) is 0 Å². The summed E-state index contributed by atoms with van der Waals surface area (Å²) in [5.74, 6) is -2.43. The number of benzene rings is 1. The lowest BCUT2D eigenvalue weighted by Crippen LogP contribution is -2.50. The largest absolute Gasteiger partial charge is 0.480 e. The molecule has 0 spiro atoms. The minimum atomic E-state index is -4.29. The lowest BCUT2D eigenvalue weighted by molar-refractivity contribution is -0.145. The molecule has 1 N–H and O–H groups in total. The molecule has 0 atom stereocenters. The highest BCUT2D eigenvalue weighted by Gasteiger charge is 2.41. The van der Waals surface area contributed by atoms with Crippen LogP contribution in [-0.4, -0.2) is 36.4 Å². The van der Waals surface area contributed by atoms with E-state index in [1.54, 1.807) is 0 Å². The second-order valence-electron chi connectivity index (χ2n) is 4.51. The van der Waals surface area contributed by atoms with Crippen LogP contribution in [0.1, 0.15) is 13.8 Å². The van der Waals surface area contributed by atoms with Gasteiger partial charge >= 0.3 is 5.97 Å². The SMILES string of the molecule is CN(C(C)(C)C(=O)O)S(=O)(=O)c1ccc(Cl)c(F)c1Cl. The third-order valence-corrected chi connectivity index (χ3v) is 5.80. The summed E-state index contributed by atoms with van der Waals surface area (Å²) in [6.45, 7) is 2.40. The summed E-state index contributed by atoms with van der Waals surface area (Å²) in [4.78, 5) is 10.6. The molecule has 1 aromatic carbocycles. The second-order valence-corrected chi connectivity index (χ2v) is 7.23. The first-order valence-corrected chi connectivity index (χ1v) is 7.49. The molecule has 0 radical (unpaired) electrons. The Morgan fingerprint density at radius 2 is 1.85 bits per heavy atom. The molecular formula is C11H12Cl2FNO4S. The van der Waals surface area contributed by atoms with Crippen LogP contribution in [-0.2, 0) is 14.8 Å². The number of sulfonamides is 1. The molecule has 1 aromatic rings. The van der Waals surface area contributed by atoms with Gasteiger partial charge in [-0.05, 0) is 26.0 Å². The van der Waals surface area contributed by atoms with Gasteiger partial charge in [-0.2, -0.15) is 4.31 Å². The molecule has 0 saturated heterocycles. The molecule has 0 unspecified atom stereocenters. The second kappa shape index (κ2) is 5.48. The van der Waals surface area contributed by atoms with Crippen LogP contribution in [0.3, 0.4) is 0 Å². The normalized spacial score (nSPS) is 12.8. The number of hydrogen-bond donors (Lipinski definition) is 1. The summed E-state index contributed by atoms with van der Waals surface area (Å²) in [5.41, 5.74) is -1.72. The summed E-state index contributed by atoms with van der Waals surface area (Å²) in [5, 5.41) is 8.06. The molecule has 0 aliphatic heterocycles. The van der Waals surface area contributed by atoms with Gasteiger partial charge in [0.1, 0.15) is 10.4 Å². The summed E-state index contributed by atoms with van der Waals surface area (Å²) in [6.07, 6.45) is 0. The van der Waals surface area contributed by atoms with Gasteiger partial charge in [-0.3, -0.25) is 4.79 Å². The highest BCUT2D eigenvalue weighted by Crippen LogP contribution is 2.33. The van der Waals surface area contributed by atoms with Gasteiger partial charge in [-0.1, -0.05) is 23.2 Å². The van der Waals surface area contributed by atoms with Gasteiger partial charge in [0.05, 0.1) is 10.0 Å². The van der Waals surface area contributed by atoms with E-state index in [9.17, 15) is 17.6 Å². The maximum Gasteiger partial charge on any atom is 0.324 e. The Labute approximate surface area is 126 Å². The molecule has 0 bridgehead atoms. The van der Waals surface area contributed by atoms with Crippen molar-refractivity contribution < 1.29 is 22.7 Å². The molecular weight excluding hydrogens is 332 g/mol. The van der Waals surface area contributed by atoms with Crippen molar-refractivity contribution in [3.8, 4) is 0 Å². The fraction of sp³-hybridized carbons (Fsp3) is 0.364. The van der Waals surface area contributed by atoms with E-state index in [-0.39, 0.29) is 5.02 Å². The number of rotatable bonds is 4. The molecule has 0 aromatic heterocycles. The molecule has 1 rings (SSSR count). The van der Waals surface area contributed by atoms with Crippen molar-refractivity contribution >= 4 is 39.2 Å². The van der Waals surface area contributed by atoms with Crippen molar-refractivity contribution in [2.45, 2.75) is 24.3 Å². The Bertz CT molecular complexity index is 661. The Morgan fingerprint density at radius 1 is 1.35 bits per heavy atom. The fourth-order valence-electron chi connectivity index (χ4n) is 1.29. The van der Waals surface area contributed by atoms with Crippen molar-refractivity contribution in [3.05, 3.63) is 28.0 Å². The lowest BCUT2D eigenvalue weighted by Gasteiger charge is -2.30. The maximum absolute atomic E-state index is 13.6. The molecule has 0 fully saturated rings. The summed E-state index contributed by atoms with van der Waals surface area (Å²) in [6, 6.07) is 2.06. The van der Waals surface area contributed by atoms with Crippen LogP contribution in [0.25, 0.3) is 0 Å². The number of halogens is 3. The van der Waals surface area contributed by atoms with Crippen LogP contribution in [0.5, 0.6) is 0 Å². The predicted octanol–water partition coefficient (Wildman–Crippen LogP) is 2.62. The number of carbonyl (C=O) groups is 1. The van der Waals surface area contributed by atoms with E-state index >= 15 is 0 Å². The molecule has 9 heteroatoms. The van der Waals surface area contributed by atoms with Gasteiger partial charge in [0.15, 0.2) is 5.82 Å². The van der Waals surface area contributed by atoms with Crippen LogP contribution in [0.2, 0.25) is 10.0 Å². The smallest absolute Gasteiger partial charge is 0.324 e. The van der Waals surface area contributed by atoms with Crippen LogP contribution < -0.4 is 0 Å². The average Bonchev–Trinajstić information content (AvgIpc) is 2.34. The Morgan fingerprint density at radius 3 is 2.30 bits per heavy atom. The first-order chi connectivity index (χ1) is 8.94. The van der Waals surface area contributed by atoms with Crippen LogP contribution in [0, 0.1) is 5.82 Å².